The highest BCUT2D eigenvalue weighted by Crippen LogP contribution is 2.22. The van der Waals surface area contributed by atoms with E-state index in [0.717, 1.165) is 18.7 Å². The predicted octanol–water partition coefficient (Wildman–Crippen LogP) is 2.36. The fourth-order valence-electron chi connectivity index (χ4n) is 2.13. The summed E-state index contributed by atoms with van der Waals surface area (Å²) in [4.78, 5) is 11.8. The molecule has 1 saturated heterocycles. The molecule has 4 heteroatoms. The molecule has 0 aliphatic carbocycles. The number of carbonyl (C=O) groups is 1. The number of rotatable bonds is 3. The number of morpholine rings is 1. The topological polar surface area (TPSA) is 41.6 Å². The molecule has 114 valence electrons. The molecule has 1 aromatic carbocycles. The Morgan fingerprint density at radius 2 is 1.81 bits per heavy atom. The van der Waals surface area contributed by atoms with Gasteiger partial charge in [0.25, 0.3) is 5.91 Å². The van der Waals surface area contributed by atoms with E-state index in [1.54, 1.807) is 6.08 Å². The summed E-state index contributed by atoms with van der Waals surface area (Å²) >= 11 is 0. The van der Waals surface area contributed by atoms with Gasteiger partial charge in [0.15, 0.2) is 0 Å². The zero-order chi connectivity index (χ0) is 15.3. The van der Waals surface area contributed by atoms with Crippen molar-refractivity contribution in [2.24, 2.45) is 0 Å². The van der Waals surface area contributed by atoms with E-state index in [1.165, 1.54) is 5.56 Å². The van der Waals surface area contributed by atoms with Gasteiger partial charge in [0, 0.05) is 19.2 Å². The third kappa shape index (κ3) is 4.99. The fourth-order valence-corrected chi connectivity index (χ4v) is 2.13. The largest absolute Gasteiger partial charge is 0.379 e. The standard InChI is InChI=1S/C17H24N2O2/c1-17(2,3)15-7-4-14(5-8-15)6-9-16(20)18-19-10-12-21-13-11-19/h4-9H,10-13H2,1-3H3,(H,18,20)/b9-6+. The lowest BCUT2D eigenvalue weighted by Gasteiger charge is -2.26. The molecule has 1 amide bonds. The average molecular weight is 288 g/mol. The molecule has 0 bridgehead atoms. The Balaban J connectivity index is 1.89. The quantitative estimate of drug-likeness (QED) is 0.868. The van der Waals surface area contributed by atoms with Crippen molar-refractivity contribution < 1.29 is 9.53 Å². The van der Waals surface area contributed by atoms with Crippen molar-refractivity contribution in [1.82, 2.24) is 10.4 Å². The average Bonchev–Trinajstić information content (AvgIpc) is 2.46. The lowest BCUT2D eigenvalue weighted by atomic mass is 9.87. The van der Waals surface area contributed by atoms with Crippen molar-refractivity contribution in [2.75, 3.05) is 26.3 Å². The molecule has 1 aliphatic heterocycles. The summed E-state index contributed by atoms with van der Waals surface area (Å²) < 4.78 is 5.24. The SMILES string of the molecule is CC(C)(C)c1ccc(/C=C/C(=O)NN2CCOCC2)cc1. The summed E-state index contributed by atoms with van der Waals surface area (Å²) in [6.45, 7) is 9.37. The van der Waals surface area contributed by atoms with E-state index in [-0.39, 0.29) is 11.3 Å². The zero-order valence-corrected chi connectivity index (χ0v) is 13.1. The lowest BCUT2D eigenvalue weighted by Crippen LogP contribution is -2.47. The number of amides is 1. The molecule has 1 aromatic rings. The number of hydrogen-bond donors (Lipinski definition) is 1. The highest BCUT2D eigenvalue weighted by Gasteiger charge is 2.13. The smallest absolute Gasteiger partial charge is 0.258 e. The van der Waals surface area contributed by atoms with Crippen molar-refractivity contribution in [2.45, 2.75) is 26.2 Å². The van der Waals surface area contributed by atoms with E-state index < -0.39 is 0 Å². The summed E-state index contributed by atoms with van der Waals surface area (Å²) in [5.74, 6) is -0.100. The molecule has 0 radical (unpaired) electrons. The molecule has 0 atom stereocenters. The van der Waals surface area contributed by atoms with E-state index in [1.807, 2.05) is 23.2 Å². The highest BCUT2D eigenvalue weighted by molar-refractivity contribution is 5.91. The lowest BCUT2D eigenvalue weighted by molar-refractivity contribution is -0.123. The van der Waals surface area contributed by atoms with E-state index in [2.05, 4.69) is 38.3 Å². The van der Waals surface area contributed by atoms with Gasteiger partial charge in [0.2, 0.25) is 0 Å². The number of hydrogen-bond acceptors (Lipinski definition) is 3. The van der Waals surface area contributed by atoms with Crippen molar-refractivity contribution in [1.29, 1.82) is 0 Å². The summed E-state index contributed by atoms with van der Waals surface area (Å²) in [6, 6.07) is 8.30. The zero-order valence-electron chi connectivity index (χ0n) is 13.1. The molecule has 0 unspecified atom stereocenters. The monoisotopic (exact) mass is 288 g/mol. The van der Waals surface area contributed by atoms with Gasteiger partial charge in [-0.15, -0.1) is 0 Å². The maximum Gasteiger partial charge on any atom is 0.258 e. The van der Waals surface area contributed by atoms with Crippen molar-refractivity contribution in [3.63, 3.8) is 0 Å². The molecule has 1 aliphatic rings. The normalized spacial score (nSPS) is 17.1. The molecule has 2 rings (SSSR count). The number of benzene rings is 1. The van der Waals surface area contributed by atoms with Gasteiger partial charge in [0.1, 0.15) is 0 Å². The third-order valence-electron chi connectivity index (χ3n) is 3.48. The van der Waals surface area contributed by atoms with E-state index in [4.69, 9.17) is 4.74 Å². The van der Waals surface area contributed by atoms with Crippen LogP contribution in [0.4, 0.5) is 0 Å². The molecular weight excluding hydrogens is 264 g/mol. The third-order valence-corrected chi connectivity index (χ3v) is 3.48. The van der Waals surface area contributed by atoms with Crippen molar-refractivity contribution in [3.8, 4) is 0 Å². The molecule has 1 N–H and O–H groups in total. The van der Waals surface area contributed by atoms with E-state index >= 15 is 0 Å². The summed E-state index contributed by atoms with van der Waals surface area (Å²) in [5.41, 5.74) is 5.32. The van der Waals surface area contributed by atoms with Gasteiger partial charge in [-0.2, -0.15) is 0 Å². The number of nitrogens with zero attached hydrogens (tertiary/aromatic N) is 1. The molecule has 4 nitrogen and oxygen atoms in total. The minimum atomic E-state index is -0.100. The molecule has 0 spiro atoms. The Hall–Kier alpha value is -1.65. The first-order valence-corrected chi connectivity index (χ1v) is 7.37. The van der Waals surface area contributed by atoms with Crippen LogP contribution in [0.15, 0.2) is 30.3 Å². The van der Waals surface area contributed by atoms with Crippen LogP contribution in [0, 0.1) is 0 Å². The number of carbonyl (C=O) groups excluding carboxylic acids is 1. The second-order valence-corrected chi connectivity index (χ2v) is 6.28. The number of ether oxygens (including phenoxy) is 1. The Morgan fingerprint density at radius 3 is 2.38 bits per heavy atom. The second kappa shape index (κ2) is 6.87. The first-order chi connectivity index (χ1) is 9.95. The highest BCUT2D eigenvalue weighted by atomic mass is 16.5. The van der Waals surface area contributed by atoms with E-state index in [9.17, 15) is 4.79 Å². The second-order valence-electron chi connectivity index (χ2n) is 6.28. The first-order valence-electron chi connectivity index (χ1n) is 7.37. The Kier molecular flexibility index (Phi) is 5.15. The maximum absolute atomic E-state index is 11.8. The predicted molar refractivity (Wildman–Crippen MR) is 84.7 cm³/mol. The van der Waals surface area contributed by atoms with Crippen LogP contribution >= 0.6 is 0 Å². The molecular formula is C17H24N2O2. The maximum atomic E-state index is 11.8. The van der Waals surface area contributed by atoms with Crippen molar-refractivity contribution >= 4 is 12.0 Å². The minimum absolute atomic E-state index is 0.100. The summed E-state index contributed by atoms with van der Waals surface area (Å²) in [6.07, 6.45) is 3.41. The molecule has 0 aromatic heterocycles. The van der Waals surface area contributed by atoms with Crippen LogP contribution in [-0.2, 0) is 14.9 Å². The summed E-state index contributed by atoms with van der Waals surface area (Å²) in [7, 11) is 0. The minimum Gasteiger partial charge on any atom is -0.379 e. The van der Waals surface area contributed by atoms with Crippen LogP contribution in [-0.4, -0.2) is 37.2 Å². The molecule has 1 fully saturated rings. The summed E-state index contributed by atoms with van der Waals surface area (Å²) in [5, 5.41) is 1.89. The van der Waals surface area contributed by atoms with Gasteiger partial charge < -0.3 is 4.74 Å². The van der Waals surface area contributed by atoms with Crippen LogP contribution in [0.25, 0.3) is 6.08 Å². The van der Waals surface area contributed by atoms with Gasteiger partial charge in [-0.3, -0.25) is 10.2 Å². The first kappa shape index (κ1) is 15.7. The molecule has 21 heavy (non-hydrogen) atoms. The number of hydrazine groups is 1. The number of nitrogens with one attached hydrogen (secondary N) is 1. The van der Waals surface area contributed by atoms with Crippen LogP contribution in [0.5, 0.6) is 0 Å². The van der Waals surface area contributed by atoms with Crippen LogP contribution in [0.2, 0.25) is 0 Å². The van der Waals surface area contributed by atoms with Crippen LogP contribution in [0.1, 0.15) is 31.9 Å². The Bertz CT molecular complexity index is 495. The van der Waals surface area contributed by atoms with Gasteiger partial charge >= 0.3 is 0 Å². The van der Waals surface area contributed by atoms with Crippen molar-refractivity contribution in [3.05, 3.63) is 41.5 Å². The van der Waals surface area contributed by atoms with Gasteiger partial charge in [-0.05, 0) is 22.6 Å². The van der Waals surface area contributed by atoms with Gasteiger partial charge in [-0.1, -0.05) is 45.0 Å². The van der Waals surface area contributed by atoms with E-state index in [0.29, 0.717) is 13.2 Å². The fraction of sp³-hybridized carbons (Fsp3) is 0.471. The molecule has 0 saturated carbocycles. The molecule has 1 heterocycles. The van der Waals surface area contributed by atoms with Gasteiger partial charge in [0.05, 0.1) is 13.2 Å². The van der Waals surface area contributed by atoms with Gasteiger partial charge in [-0.25, -0.2) is 5.01 Å². The van der Waals surface area contributed by atoms with Crippen LogP contribution < -0.4 is 5.43 Å². The Labute approximate surface area is 126 Å². The Morgan fingerprint density at radius 1 is 1.19 bits per heavy atom. The van der Waals surface area contributed by atoms with Crippen LogP contribution in [0.3, 0.4) is 0 Å².